The molecule has 3 fully saturated rings. The van der Waals surface area contributed by atoms with E-state index in [1.807, 2.05) is 12.1 Å². The highest BCUT2D eigenvalue weighted by Gasteiger charge is 2.61. The minimum Gasteiger partial charge on any atom is -0.425 e. The number of fused-ring (bicyclic) bond motifs is 5. The third-order valence-electron chi connectivity index (χ3n) is 7.06. The van der Waals surface area contributed by atoms with Crippen molar-refractivity contribution < 1.29 is 19.1 Å². The molecule has 144 valence electrons. The normalized spacial score (nSPS) is 29.4. The first-order valence-corrected chi connectivity index (χ1v) is 9.98. The Kier molecular flexibility index (Phi) is 4.36. The Morgan fingerprint density at radius 3 is 2.15 bits per heavy atom. The van der Waals surface area contributed by atoms with Gasteiger partial charge in [0.1, 0.15) is 12.3 Å². The lowest BCUT2D eigenvalue weighted by Gasteiger charge is -2.23. The summed E-state index contributed by atoms with van der Waals surface area (Å²) in [5, 5.41) is 0. The summed E-state index contributed by atoms with van der Waals surface area (Å²) in [5.41, 5.74) is 1.24. The van der Waals surface area contributed by atoms with Crippen LogP contribution in [0.15, 0.2) is 24.3 Å². The zero-order valence-electron chi connectivity index (χ0n) is 16.2. The highest BCUT2D eigenvalue weighted by atomic mass is 16.5. The Labute approximate surface area is 160 Å². The smallest absolute Gasteiger partial charge is 0.331 e. The van der Waals surface area contributed by atoms with Gasteiger partial charge in [0, 0.05) is 0 Å². The Bertz CT molecular complexity index is 754. The zero-order valence-corrected chi connectivity index (χ0v) is 16.2. The monoisotopic (exact) mass is 369 g/mol. The molecular formula is C22H27NO4. The molecule has 4 atom stereocenters. The molecule has 0 aromatic heterocycles. The number of carbonyl (C=O) groups excluding carboxylic acids is 3. The number of hydrogen-bond acceptors (Lipinski definition) is 4. The van der Waals surface area contributed by atoms with Crippen LogP contribution in [0.5, 0.6) is 5.75 Å². The van der Waals surface area contributed by atoms with Gasteiger partial charge in [0.25, 0.3) is 0 Å². The third-order valence-corrected chi connectivity index (χ3v) is 7.06. The summed E-state index contributed by atoms with van der Waals surface area (Å²) < 4.78 is 5.38. The summed E-state index contributed by atoms with van der Waals surface area (Å²) in [6.07, 6.45) is 4.06. The van der Waals surface area contributed by atoms with E-state index in [-0.39, 0.29) is 35.6 Å². The fourth-order valence-corrected chi connectivity index (χ4v) is 5.10. The lowest BCUT2D eigenvalue weighted by Crippen LogP contribution is -2.38. The van der Waals surface area contributed by atoms with Gasteiger partial charge in [-0.05, 0) is 60.6 Å². The SMILES string of the molecule is CCC(C)(C)c1ccc(OC(=O)CN2C(=O)[C@@H]3[C@H]4CC[C@@H](C4)[C@H]3C2=O)cc1. The van der Waals surface area contributed by atoms with E-state index in [4.69, 9.17) is 4.74 Å². The summed E-state index contributed by atoms with van der Waals surface area (Å²) in [6, 6.07) is 7.46. The van der Waals surface area contributed by atoms with Crippen LogP contribution in [0.4, 0.5) is 0 Å². The predicted molar refractivity (Wildman–Crippen MR) is 99.9 cm³/mol. The number of esters is 1. The largest absolute Gasteiger partial charge is 0.425 e. The van der Waals surface area contributed by atoms with Gasteiger partial charge in [0.05, 0.1) is 11.8 Å². The lowest BCUT2D eigenvalue weighted by molar-refractivity contribution is -0.148. The molecule has 2 bridgehead atoms. The van der Waals surface area contributed by atoms with Crippen molar-refractivity contribution in [3.63, 3.8) is 0 Å². The first-order chi connectivity index (χ1) is 12.8. The maximum atomic E-state index is 12.7. The molecule has 2 saturated carbocycles. The van der Waals surface area contributed by atoms with E-state index in [0.717, 1.165) is 30.6 Å². The molecule has 5 nitrogen and oxygen atoms in total. The van der Waals surface area contributed by atoms with Crippen LogP contribution in [0.25, 0.3) is 0 Å². The van der Waals surface area contributed by atoms with Gasteiger partial charge in [-0.2, -0.15) is 0 Å². The van der Waals surface area contributed by atoms with Crippen molar-refractivity contribution in [3.05, 3.63) is 29.8 Å². The number of hydrogen-bond donors (Lipinski definition) is 0. The zero-order chi connectivity index (χ0) is 19.3. The molecule has 0 radical (unpaired) electrons. The first-order valence-electron chi connectivity index (χ1n) is 9.98. The topological polar surface area (TPSA) is 63.7 Å². The first kappa shape index (κ1) is 18.2. The van der Waals surface area contributed by atoms with Crippen molar-refractivity contribution in [2.45, 2.75) is 51.9 Å². The maximum absolute atomic E-state index is 12.7. The van der Waals surface area contributed by atoms with Crippen molar-refractivity contribution in [2.75, 3.05) is 6.54 Å². The molecule has 3 aliphatic rings. The molecule has 0 N–H and O–H groups in total. The molecule has 1 aromatic carbocycles. The predicted octanol–water partition coefficient (Wildman–Crippen LogP) is 3.31. The molecule has 2 aliphatic carbocycles. The minimum absolute atomic E-state index is 0.0636. The molecule has 1 aromatic rings. The number of amides is 2. The van der Waals surface area contributed by atoms with Gasteiger partial charge in [0.15, 0.2) is 0 Å². The van der Waals surface area contributed by atoms with Gasteiger partial charge in [-0.25, -0.2) is 4.79 Å². The van der Waals surface area contributed by atoms with E-state index in [0.29, 0.717) is 17.6 Å². The molecular weight excluding hydrogens is 342 g/mol. The van der Waals surface area contributed by atoms with Gasteiger partial charge < -0.3 is 4.74 Å². The Hall–Kier alpha value is -2.17. The van der Waals surface area contributed by atoms with Crippen LogP contribution in [0.2, 0.25) is 0 Å². The molecule has 1 aliphatic heterocycles. The number of imide groups is 1. The van der Waals surface area contributed by atoms with E-state index in [1.165, 1.54) is 5.56 Å². The highest BCUT2D eigenvalue weighted by Crippen LogP contribution is 2.56. The summed E-state index contributed by atoms with van der Waals surface area (Å²) in [7, 11) is 0. The van der Waals surface area contributed by atoms with Crippen LogP contribution in [-0.2, 0) is 19.8 Å². The van der Waals surface area contributed by atoms with E-state index in [9.17, 15) is 14.4 Å². The molecule has 1 heterocycles. The molecule has 0 unspecified atom stereocenters. The Morgan fingerprint density at radius 1 is 1.07 bits per heavy atom. The number of benzene rings is 1. The molecule has 0 spiro atoms. The number of likely N-dealkylation sites (tertiary alicyclic amines) is 1. The van der Waals surface area contributed by atoms with Crippen molar-refractivity contribution in [1.29, 1.82) is 0 Å². The van der Waals surface area contributed by atoms with Crippen molar-refractivity contribution in [3.8, 4) is 5.75 Å². The molecule has 2 amide bonds. The minimum atomic E-state index is -0.563. The van der Waals surface area contributed by atoms with Crippen molar-refractivity contribution >= 4 is 17.8 Å². The summed E-state index contributed by atoms with van der Waals surface area (Å²) in [6.45, 7) is 6.19. The van der Waals surface area contributed by atoms with Crippen molar-refractivity contribution in [1.82, 2.24) is 4.90 Å². The van der Waals surface area contributed by atoms with Crippen LogP contribution in [-0.4, -0.2) is 29.2 Å². The number of carbonyl (C=O) groups is 3. The van der Waals surface area contributed by atoms with Gasteiger partial charge in [-0.3, -0.25) is 14.5 Å². The lowest BCUT2D eigenvalue weighted by atomic mass is 9.81. The molecule has 1 saturated heterocycles. The van der Waals surface area contributed by atoms with Crippen molar-refractivity contribution in [2.24, 2.45) is 23.7 Å². The Morgan fingerprint density at radius 2 is 1.63 bits per heavy atom. The number of ether oxygens (including phenoxy) is 1. The third kappa shape index (κ3) is 2.97. The van der Waals surface area contributed by atoms with E-state index in [2.05, 4.69) is 20.8 Å². The average molecular weight is 369 g/mol. The van der Waals surface area contributed by atoms with E-state index in [1.54, 1.807) is 12.1 Å². The summed E-state index contributed by atoms with van der Waals surface area (Å²) in [5.74, 6) is -0.206. The molecule has 27 heavy (non-hydrogen) atoms. The molecule has 5 heteroatoms. The van der Waals surface area contributed by atoms with Crippen LogP contribution < -0.4 is 4.74 Å². The fourth-order valence-electron chi connectivity index (χ4n) is 5.10. The van der Waals surface area contributed by atoms with E-state index < -0.39 is 5.97 Å². The standard InChI is InChI=1S/C22H27NO4/c1-4-22(2,3)15-7-9-16(10-8-15)27-17(24)12-23-20(25)18-13-5-6-14(11-13)19(18)21(23)26/h7-10,13-14,18-19H,4-6,11-12H2,1-3H3/t13-,14-,18+,19+/m0/s1. The fraction of sp³-hybridized carbons (Fsp3) is 0.591. The summed E-state index contributed by atoms with van der Waals surface area (Å²) >= 11 is 0. The van der Waals surface area contributed by atoms with Gasteiger partial charge in [0.2, 0.25) is 11.8 Å². The second kappa shape index (κ2) is 6.47. The second-order valence-corrected chi connectivity index (χ2v) is 8.88. The van der Waals surface area contributed by atoms with Crippen LogP contribution >= 0.6 is 0 Å². The highest BCUT2D eigenvalue weighted by molar-refractivity contribution is 6.07. The Balaban J connectivity index is 1.40. The van der Waals surface area contributed by atoms with E-state index >= 15 is 0 Å². The van der Waals surface area contributed by atoms with Crippen LogP contribution in [0, 0.1) is 23.7 Å². The average Bonchev–Trinajstić information content (AvgIpc) is 3.32. The van der Waals surface area contributed by atoms with Crippen LogP contribution in [0.3, 0.4) is 0 Å². The van der Waals surface area contributed by atoms with Gasteiger partial charge >= 0.3 is 5.97 Å². The number of nitrogens with zero attached hydrogens (tertiary/aromatic N) is 1. The second-order valence-electron chi connectivity index (χ2n) is 8.88. The van der Waals surface area contributed by atoms with Gasteiger partial charge in [-0.15, -0.1) is 0 Å². The van der Waals surface area contributed by atoms with Gasteiger partial charge in [-0.1, -0.05) is 32.9 Å². The maximum Gasteiger partial charge on any atom is 0.331 e. The quantitative estimate of drug-likeness (QED) is 0.454. The summed E-state index contributed by atoms with van der Waals surface area (Å²) in [4.78, 5) is 38.8. The molecule has 4 rings (SSSR count). The van der Waals surface area contributed by atoms with Crippen LogP contribution in [0.1, 0.15) is 52.0 Å². The number of rotatable bonds is 5.